The van der Waals surface area contributed by atoms with Gasteiger partial charge in [-0.25, -0.2) is 8.78 Å². The lowest BCUT2D eigenvalue weighted by Gasteiger charge is -2.12. The zero-order chi connectivity index (χ0) is 15.2. The molecule has 21 heavy (non-hydrogen) atoms. The number of benzene rings is 2. The molecule has 2 aromatic rings. The van der Waals surface area contributed by atoms with Gasteiger partial charge in [0, 0.05) is 13.0 Å². The summed E-state index contributed by atoms with van der Waals surface area (Å²) < 4.78 is 26.8. The predicted molar refractivity (Wildman–Crippen MR) is 74.8 cm³/mol. The molecule has 0 saturated heterocycles. The lowest BCUT2D eigenvalue weighted by Crippen LogP contribution is -2.34. The molecule has 1 atom stereocenters. The van der Waals surface area contributed by atoms with Gasteiger partial charge >= 0.3 is 0 Å². The number of halogens is 2. The number of carbonyl (C=O) groups excluding carboxylic acids is 1. The van der Waals surface area contributed by atoms with Crippen molar-refractivity contribution < 1.29 is 18.7 Å². The maximum atomic E-state index is 13.4. The number of aliphatic hydroxyl groups excluding tert-OH is 1. The Labute approximate surface area is 121 Å². The number of nitrogens with one attached hydrogen (secondary N) is 1. The van der Waals surface area contributed by atoms with Gasteiger partial charge in [0.1, 0.15) is 17.2 Å². The van der Waals surface area contributed by atoms with E-state index in [0.717, 1.165) is 17.7 Å². The van der Waals surface area contributed by atoms with Crippen molar-refractivity contribution in [2.45, 2.75) is 12.5 Å². The Hall–Kier alpha value is -2.27. The van der Waals surface area contributed by atoms with E-state index < -0.39 is 29.2 Å². The van der Waals surface area contributed by atoms with E-state index >= 15 is 0 Å². The fourth-order valence-corrected chi connectivity index (χ4v) is 1.97. The third-order valence-corrected chi connectivity index (χ3v) is 3.00. The van der Waals surface area contributed by atoms with Gasteiger partial charge in [-0.15, -0.1) is 0 Å². The minimum Gasteiger partial charge on any atom is -0.391 e. The molecule has 5 heteroatoms. The molecule has 2 N–H and O–H groups in total. The zero-order valence-corrected chi connectivity index (χ0v) is 11.2. The molecule has 0 heterocycles. The summed E-state index contributed by atoms with van der Waals surface area (Å²) in [7, 11) is 0. The molecular formula is C16H15F2NO2. The molecule has 0 aliphatic rings. The van der Waals surface area contributed by atoms with Crippen LogP contribution in [0.15, 0.2) is 48.5 Å². The average molecular weight is 291 g/mol. The number of hydrogen-bond acceptors (Lipinski definition) is 2. The molecule has 0 spiro atoms. The van der Waals surface area contributed by atoms with E-state index in [1.165, 1.54) is 6.07 Å². The molecule has 0 saturated carbocycles. The van der Waals surface area contributed by atoms with Crippen molar-refractivity contribution in [1.82, 2.24) is 5.32 Å². The van der Waals surface area contributed by atoms with Crippen LogP contribution in [0.1, 0.15) is 15.9 Å². The maximum absolute atomic E-state index is 13.4. The second-order valence-corrected chi connectivity index (χ2v) is 4.65. The highest BCUT2D eigenvalue weighted by Gasteiger charge is 2.17. The van der Waals surface area contributed by atoms with Crippen LogP contribution in [0.5, 0.6) is 0 Å². The van der Waals surface area contributed by atoms with Crippen LogP contribution >= 0.6 is 0 Å². The van der Waals surface area contributed by atoms with Gasteiger partial charge in [-0.1, -0.05) is 36.4 Å². The van der Waals surface area contributed by atoms with E-state index in [1.807, 2.05) is 30.3 Å². The standard InChI is InChI=1S/C16H15F2NO2/c17-13-7-4-8-14(18)15(13)16(21)19-10-12(20)9-11-5-2-1-3-6-11/h1-8,12,20H,9-10H2,(H,19,21)/t12-/m0/s1. The van der Waals surface area contributed by atoms with Gasteiger partial charge in [0.25, 0.3) is 5.91 Å². The Morgan fingerprint density at radius 1 is 1.05 bits per heavy atom. The van der Waals surface area contributed by atoms with E-state index in [2.05, 4.69) is 5.32 Å². The molecule has 0 bridgehead atoms. The summed E-state index contributed by atoms with van der Waals surface area (Å²) >= 11 is 0. The van der Waals surface area contributed by atoms with Crippen molar-refractivity contribution in [3.05, 3.63) is 71.3 Å². The number of hydrogen-bond donors (Lipinski definition) is 2. The molecule has 2 rings (SSSR count). The van der Waals surface area contributed by atoms with Gasteiger partial charge in [-0.05, 0) is 17.7 Å². The summed E-state index contributed by atoms with van der Waals surface area (Å²) in [6.45, 7) is -0.0818. The quantitative estimate of drug-likeness (QED) is 0.888. The molecule has 2 aromatic carbocycles. The summed E-state index contributed by atoms with van der Waals surface area (Å²) in [6.07, 6.45) is -0.480. The minimum atomic E-state index is -0.926. The third kappa shape index (κ3) is 4.10. The van der Waals surface area contributed by atoms with E-state index in [1.54, 1.807) is 0 Å². The van der Waals surface area contributed by atoms with Gasteiger partial charge in [-0.3, -0.25) is 4.79 Å². The fourth-order valence-electron chi connectivity index (χ4n) is 1.97. The fraction of sp³-hybridized carbons (Fsp3) is 0.188. The molecule has 0 aliphatic heterocycles. The monoisotopic (exact) mass is 291 g/mol. The highest BCUT2D eigenvalue weighted by atomic mass is 19.1. The first-order chi connectivity index (χ1) is 10.1. The van der Waals surface area contributed by atoms with Crippen molar-refractivity contribution in [2.75, 3.05) is 6.54 Å². The molecule has 0 aromatic heterocycles. The zero-order valence-electron chi connectivity index (χ0n) is 11.2. The van der Waals surface area contributed by atoms with Crippen LogP contribution in [0.2, 0.25) is 0 Å². The summed E-state index contributed by atoms with van der Waals surface area (Å²) in [5.74, 6) is -2.73. The van der Waals surface area contributed by atoms with Crippen LogP contribution in [0.3, 0.4) is 0 Å². The lowest BCUT2D eigenvalue weighted by atomic mass is 10.1. The summed E-state index contributed by atoms with van der Waals surface area (Å²) in [4.78, 5) is 11.7. The molecular weight excluding hydrogens is 276 g/mol. The summed E-state index contributed by atoms with van der Waals surface area (Å²) in [5.41, 5.74) is 0.278. The van der Waals surface area contributed by atoms with Crippen molar-refractivity contribution in [1.29, 1.82) is 0 Å². The van der Waals surface area contributed by atoms with Gasteiger partial charge in [0.15, 0.2) is 0 Å². The highest BCUT2D eigenvalue weighted by Crippen LogP contribution is 2.11. The molecule has 110 valence electrons. The van der Waals surface area contributed by atoms with Crippen LogP contribution in [0, 0.1) is 11.6 Å². The smallest absolute Gasteiger partial charge is 0.257 e. The van der Waals surface area contributed by atoms with E-state index in [4.69, 9.17) is 0 Å². The van der Waals surface area contributed by atoms with Crippen molar-refractivity contribution >= 4 is 5.91 Å². The Balaban J connectivity index is 1.92. The van der Waals surface area contributed by atoms with Crippen LogP contribution < -0.4 is 5.32 Å². The van der Waals surface area contributed by atoms with E-state index in [9.17, 15) is 18.7 Å². The number of aliphatic hydroxyl groups is 1. The average Bonchev–Trinajstić information content (AvgIpc) is 2.46. The van der Waals surface area contributed by atoms with Gasteiger partial charge < -0.3 is 10.4 Å². The van der Waals surface area contributed by atoms with Crippen molar-refractivity contribution in [3.8, 4) is 0 Å². The molecule has 0 radical (unpaired) electrons. The van der Waals surface area contributed by atoms with E-state index in [0.29, 0.717) is 6.42 Å². The Morgan fingerprint density at radius 3 is 2.29 bits per heavy atom. The normalized spacial score (nSPS) is 12.0. The SMILES string of the molecule is O=C(NC[C@@H](O)Cc1ccccc1)c1c(F)cccc1F. The van der Waals surface area contributed by atoms with Crippen molar-refractivity contribution in [3.63, 3.8) is 0 Å². The lowest BCUT2D eigenvalue weighted by molar-refractivity contribution is 0.0907. The number of amides is 1. The summed E-state index contributed by atoms with van der Waals surface area (Å²) in [5, 5.41) is 12.2. The van der Waals surface area contributed by atoms with Crippen LogP contribution in [0.4, 0.5) is 8.78 Å². The second-order valence-electron chi connectivity index (χ2n) is 4.65. The van der Waals surface area contributed by atoms with Gasteiger partial charge in [0.05, 0.1) is 6.10 Å². The number of rotatable bonds is 5. The molecule has 0 unspecified atom stereocenters. The molecule has 0 aliphatic carbocycles. The second kappa shape index (κ2) is 6.95. The first-order valence-corrected chi connectivity index (χ1v) is 6.52. The van der Waals surface area contributed by atoms with Crippen LogP contribution in [0.25, 0.3) is 0 Å². The predicted octanol–water partition coefficient (Wildman–Crippen LogP) is 2.30. The van der Waals surface area contributed by atoms with E-state index in [-0.39, 0.29) is 6.54 Å². The Morgan fingerprint density at radius 2 is 1.67 bits per heavy atom. The van der Waals surface area contributed by atoms with Gasteiger partial charge in [-0.2, -0.15) is 0 Å². The topological polar surface area (TPSA) is 49.3 Å². The van der Waals surface area contributed by atoms with Crippen LogP contribution in [-0.2, 0) is 6.42 Å². The first-order valence-electron chi connectivity index (χ1n) is 6.52. The maximum Gasteiger partial charge on any atom is 0.257 e. The molecule has 1 amide bonds. The molecule has 0 fully saturated rings. The van der Waals surface area contributed by atoms with Crippen molar-refractivity contribution in [2.24, 2.45) is 0 Å². The Bertz CT molecular complexity index is 597. The van der Waals surface area contributed by atoms with Crippen LogP contribution in [-0.4, -0.2) is 23.7 Å². The largest absolute Gasteiger partial charge is 0.391 e. The Kier molecular flexibility index (Phi) is 5.00. The molecule has 3 nitrogen and oxygen atoms in total. The third-order valence-electron chi connectivity index (χ3n) is 3.00. The first kappa shape index (κ1) is 15.1. The number of carbonyl (C=O) groups is 1. The van der Waals surface area contributed by atoms with Gasteiger partial charge in [0.2, 0.25) is 0 Å². The highest BCUT2D eigenvalue weighted by molar-refractivity contribution is 5.94. The minimum absolute atomic E-state index is 0.0818. The summed E-state index contributed by atoms with van der Waals surface area (Å²) in [6, 6.07) is 12.5.